The quantitative estimate of drug-likeness (QED) is 0.251. The highest BCUT2D eigenvalue weighted by molar-refractivity contribution is 5.91. The topological polar surface area (TPSA) is 132 Å². The molecule has 0 amide bonds. The van der Waals surface area contributed by atoms with Gasteiger partial charge in [0.25, 0.3) is 0 Å². The minimum Gasteiger partial charge on any atom is -0.388 e. The number of pyridine rings is 1. The van der Waals surface area contributed by atoms with E-state index in [-0.39, 0.29) is 5.82 Å². The number of aromatic amines is 1. The number of halogens is 1. The van der Waals surface area contributed by atoms with Crippen LogP contribution in [0.3, 0.4) is 0 Å². The molecule has 0 atom stereocenters. The second-order valence-electron chi connectivity index (χ2n) is 8.77. The average Bonchev–Trinajstić information content (AvgIpc) is 3.44. The molecule has 0 fully saturated rings. The molecule has 0 aliphatic rings. The van der Waals surface area contributed by atoms with Crippen molar-refractivity contribution in [3.63, 3.8) is 0 Å². The number of carbonyl (C=O) groups excluding carboxylic acids is 1. The van der Waals surface area contributed by atoms with Crippen LogP contribution < -0.4 is 10.6 Å². The van der Waals surface area contributed by atoms with E-state index in [9.17, 15) is 9.18 Å². The molecule has 0 aliphatic heterocycles. The summed E-state index contributed by atoms with van der Waals surface area (Å²) in [6, 6.07) is 17.7. The van der Waals surface area contributed by atoms with Crippen LogP contribution >= 0.6 is 0 Å². The molecule has 3 N–H and O–H groups in total. The Kier molecular flexibility index (Phi) is 7.68. The Morgan fingerprint density at radius 1 is 1.05 bits per heavy atom. The van der Waals surface area contributed by atoms with Crippen LogP contribution in [-0.2, 0) is 5.41 Å². The van der Waals surface area contributed by atoms with Crippen LogP contribution in [0.2, 0.25) is 0 Å². The highest BCUT2D eigenvalue weighted by Crippen LogP contribution is 2.31. The molecular weight excluding hydrogens is 483 g/mol. The summed E-state index contributed by atoms with van der Waals surface area (Å²) in [4.78, 5) is 30.5. The summed E-state index contributed by atoms with van der Waals surface area (Å²) in [5.41, 5.74) is 4.68. The van der Waals surface area contributed by atoms with Gasteiger partial charge in [0.1, 0.15) is 35.5 Å². The van der Waals surface area contributed by atoms with Gasteiger partial charge in [-0.05, 0) is 55.8 Å². The monoisotopic (exact) mass is 508 g/mol. The number of fused-ring (bicyclic) bond motifs is 1. The van der Waals surface area contributed by atoms with Crippen molar-refractivity contribution in [2.24, 2.45) is 0 Å². The van der Waals surface area contributed by atoms with Crippen LogP contribution in [0.5, 0.6) is 0 Å². The molecule has 3 heterocycles. The maximum atomic E-state index is 14.2. The smallest absolute Gasteiger partial charge is 0.181 e. The number of nitrogens with zero attached hydrogens (tertiary/aromatic N) is 5. The first-order chi connectivity index (χ1) is 18.4. The normalized spacial score (nSPS) is 10.7. The highest BCUT2D eigenvalue weighted by Gasteiger charge is 2.19. The lowest BCUT2D eigenvalue weighted by Gasteiger charge is -2.15. The van der Waals surface area contributed by atoms with Gasteiger partial charge in [0, 0.05) is 30.1 Å². The number of nitriles is 1. The van der Waals surface area contributed by atoms with Gasteiger partial charge < -0.3 is 15.6 Å². The number of anilines is 3. The largest absolute Gasteiger partial charge is 0.388 e. The van der Waals surface area contributed by atoms with Crippen molar-refractivity contribution < 1.29 is 9.18 Å². The first kappa shape index (κ1) is 25.9. The Morgan fingerprint density at radius 2 is 1.89 bits per heavy atom. The Morgan fingerprint density at radius 3 is 2.66 bits per heavy atom. The van der Waals surface area contributed by atoms with E-state index in [4.69, 9.17) is 5.26 Å². The lowest BCUT2D eigenvalue weighted by Crippen LogP contribution is -2.13. The number of rotatable bonds is 6. The van der Waals surface area contributed by atoms with E-state index >= 15 is 0 Å². The number of carbonyl (C=O) groups is 1. The predicted octanol–water partition coefficient (Wildman–Crippen LogP) is 5.64. The van der Waals surface area contributed by atoms with Crippen LogP contribution in [0.4, 0.5) is 21.6 Å². The zero-order valence-corrected chi connectivity index (χ0v) is 21.0. The van der Waals surface area contributed by atoms with Gasteiger partial charge in [0.05, 0.1) is 23.5 Å². The summed E-state index contributed by atoms with van der Waals surface area (Å²) in [5.74, 6) is 0.120. The molecule has 38 heavy (non-hydrogen) atoms. The van der Waals surface area contributed by atoms with E-state index in [2.05, 4.69) is 41.6 Å². The summed E-state index contributed by atoms with van der Waals surface area (Å²) < 4.78 is 14.2. The average molecular weight is 509 g/mol. The molecule has 10 heteroatoms. The molecule has 5 rings (SSSR count). The predicted molar refractivity (Wildman–Crippen MR) is 145 cm³/mol. The van der Waals surface area contributed by atoms with Crippen molar-refractivity contribution in [2.45, 2.75) is 19.3 Å². The van der Waals surface area contributed by atoms with E-state index in [0.717, 1.165) is 17.5 Å². The molecule has 0 aliphatic carbocycles. The maximum absolute atomic E-state index is 14.2. The zero-order valence-electron chi connectivity index (χ0n) is 21.0. The number of hydrogen-bond acceptors (Lipinski definition) is 8. The first-order valence-electron chi connectivity index (χ1n) is 11.7. The van der Waals surface area contributed by atoms with Crippen molar-refractivity contribution in [2.75, 3.05) is 17.7 Å². The molecule has 3 aromatic heterocycles. The van der Waals surface area contributed by atoms with Crippen molar-refractivity contribution in [3.8, 4) is 17.3 Å². The summed E-state index contributed by atoms with van der Waals surface area (Å²) in [5, 5.41) is 14.9. The fourth-order valence-electron chi connectivity index (χ4n) is 3.63. The van der Waals surface area contributed by atoms with Gasteiger partial charge in [-0.3, -0.25) is 4.79 Å². The lowest BCUT2D eigenvalue weighted by atomic mass is 9.86. The van der Waals surface area contributed by atoms with Crippen LogP contribution in [0, 0.1) is 17.1 Å². The number of nitrogens with one attached hydrogen (secondary N) is 3. The summed E-state index contributed by atoms with van der Waals surface area (Å²) in [6.45, 7) is 3.66. The molecular formula is C28H25FN8O. The van der Waals surface area contributed by atoms with Crippen molar-refractivity contribution in [3.05, 3.63) is 90.4 Å². The third-order valence-corrected chi connectivity index (χ3v) is 5.82. The molecule has 0 spiro atoms. The second kappa shape index (κ2) is 11.3. The molecule has 9 nitrogen and oxygen atoms in total. The van der Waals surface area contributed by atoms with Gasteiger partial charge >= 0.3 is 0 Å². The van der Waals surface area contributed by atoms with E-state index in [1.165, 1.54) is 12.4 Å². The number of aldehydes is 1. The van der Waals surface area contributed by atoms with Crippen LogP contribution in [0.1, 0.15) is 29.8 Å². The van der Waals surface area contributed by atoms with Gasteiger partial charge in [0.2, 0.25) is 0 Å². The molecule has 5 aromatic rings. The van der Waals surface area contributed by atoms with Gasteiger partial charge in [-0.25, -0.2) is 24.3 Å². The van der Waals surface area contributed by atoms with E-state index in [1.807, 2.05) is 26.0 Å². The Balaban J connectivity index is 0.000000219. The molecule has 0 saturated heterocycles. The summed E-state index contributed by atoms with van der Waals surface area (Å²) in [6.07, 6.45) is 5.42. The third-order valence-electron chi connectivity index (χ3n) is 5.82. The minimum absolute atomic E-state index is 0.321. The fourth-order valence-corrected chi connectivity index (χ4v) is 3.63. The molecule has 0 unspecified atom stereocenters. The third kappa shape index (κ3) is 5.63. The van der Waals surface area contributed by atoms with E-state index < -0.39 is 5.41 Å². The van der Waals surface area contributed by atoms with Crippen LogP contribution in [0.15, 0.2) is 73.4 Å². The molecule has 2 aromatic carbocycles. The van der Waals surface area contributed by atoms with Gasteiger partial charge in [0.15, 0.2) is 5.65 Å². The minimum atomic E-state index is -0.529. The van der Waals surface area contributed by atoms with Gasteiger partial charge in [-0.2, -0.15) is 5.26 Å². The summed E-state index contributed by atoms with van der Waals surface area (Å²) >= 11 is 0. The fraction of sp³-hybridized carbons (Fsp3) is 0.143. The highest BCUT2D eigenvalue weighted by atomic mass is 19.1. The second-order valence-corrected chi connectivity index (χ2v) is 8.77. The number of H-pyrrole nitrogens is 1. The van der Waals surface area contributed by atoms with Crippen LogP contribution in [0.25, 0.3) is 22.4 Å². The summed E-state index contributed by atoms with van der Waals surface area (Å²) in [7, 11) is 1.78. The standard InChI is InChI=1S/C17H14FN7.C11H11NO/c1-19-10-4-5-12(18)13(7-10)25-16-11(3-2-6-20-16)14-15-17(23-8-21-14)24-9-22-15;1-11(2,8-12)10-5-3-4-9(6-10)7-13/h2-9,19H,1H3,(H,20,25)(H,21,22,23,24);3-7H,1-2H3. The van der Waals surface area contributed by atoms with Crippen molar-refractivity contribution >= 4 is 34.6 Å². The number of aromatic nitrogens is 5. The molecule has 0 saturated carbocycles. The number of hydrogen-bond donors (Lipinski definition) is 3. The first-order valence-corrected chi connectivity index (χ1v) is 11.7. The van der Waals surface area contributed by atoms with Crippen molar-refractivity contribution in [1.82, 2.24) is 24.9 Å². The Hall–Kier alpha value is -5.17. The SMILES string of the molecule is CC(C)(C#N)c1cccc(C=O)c1.CNc1ccc(F)c(Nc2ncccc2-c2ncnc3nc[nH]c23)c1. The number of benzene rings is 2. The van der Waals surface area contributed by atoms with Crippen molar-refractivity contribution in [1.29, 1.82) is 5.26 Å². The van der Waals surface area contributed by atoms with Gasteiger partial charge in [-0.1, -0.05) is 18.2 Å². The number of imidazole rings is 1. The molecule has 0 radical (unpaired) electrons. The Labute approximate surface area is 218 Å². The zero-order chi connectivity index (χ0) is 27.1. The maximum Gasteiger partial charge on any atom is 0.181 e. The van der Waals surface area contributed by atoms with Gasteiger partial charge in [-0.15, -0.1) is 0 Å². The molecule has 0 bridgehead atoms. The van der Waals surface area contributed by atoms with E-state index in [0.29, 0.717) is 39.5 Å². The lowest BCUT2D eigenvalue weighted by molar-refractivity contribution is 0.112. The Bertz CT molecular complexity index is 1620. The van der Waals surface area contributed by atoms with Crippen LogP contribution in [-0.4, -0.2) is 38.3 Å². The van der Waals surface area contributed by atoms with E-state index in [1.54, 1.807) is 56.0 Å². The molecule has 190 valence electrons.